The van der Waals surface area contributed by atoms with Gasteiger partial charge in [0.2, 0.25) is 5.75 Å². The molecule has 1 N–H and O–H groups in total. The molecule has 0 bridgehead atoms. The van der Waals surface area contributed by atoms with Crippen molar-refractivity contribution in [3.8, 4) is 28.6 Å². The Balaban J connectivity index is 1.84. The van der Waals surface area contributed by atoms with E-state index in [2.05, 4.69) is 32.0 Å². The van der Waals surface area contributed by atoms with Gasteiger partial charge in [0.1, 0.15) is 11.6 Å². The van der Waals surface area contributed by atoms with E-state index in [1.807, 2.05) is 38.4 Å². The number of nitrogens with one attached hydrogen (secondary N) is 1. The highest BCUT2D eigenvalue weighted by Crippen LogP contribution is 2.40. The molecule has 146 valence electrons. The fourth-order valence-corrected chi connectivity index (χ4v) is 2.74. The zero-order chi connectivity index (χ0) is 20.1. The Morgan fingerprint density at radius 3 is 2.14 bits per heavy atom. The van der Waals surface area contributed by atoms with Crippen molar-refractivity contribution in [2.24, 2.45) is 4.99 Å². The monoisotopic (exact) mass is 380 g/mol. The van der Waals surface area contributed by atoms with Gasteiger partial charge < -0.3 is 24.1 Å². The van der Waals surface area contributed by atoms with E-state index in [0.717, 1.165) is 16.8 Å². The minimum absolute atomic E-state index is 0.541. The number of aliphatic imine (C=N–C) groups is 1. The molecule has 1 heterocycles. The molecule has 0 saturated carbocycles. The number of nitrogens with zero attached hydrogens (tertiary/aromatic N) is 3. The molecule has 7 nitrogen and oxygen atoms in total. The molecule has 0 spiro atoms. The first-order valence-corrected chi connectivity index (χ1v) is 8.72. The van der Waals surface area contributed by atoms with Crippen LogP contribution in [-0.2, 0) is 0 Å². The second kappa shape index (κ2) is 8.47. The molecule has 28 heavy (non-hydrogen) atoms. The van der Waals surface area contributed by atoms with Crippen molar-refractivity contribution >= 4 is 17.7 Å². The third-order valence-electron chi connectivity index (χ3n) is 4.26. The number of aromatic amines is 1. The minimum Gasteiger partial charge on any atom is -0.493 e. The summed E-state index contributed by atoms with van der Waals surface area (Å²) in [6.45, 7) is 0. The van der Waals surface area contributed by atoms with Gasteiger partial charge in [-0.05, 0) is 29.8 Å². The van der Waals surface area contributed by atoms with Gasteiger partial charge in [-0.25, -0.2) is 9.98 Å². The third-order valence-corrected chi connectivity index (χ3v) is 4.26. The van der Waals surface area contributed by atoms with E-state index in [1.54, 1.807) is 33.7 Å². The summed E-state index contributed by atoms with van der Waals surface area (Å²) in [7, 11) is 8.77. The first-order chi connectivity index (χ1) is 13.5. The maximum Gasteiger partial charge on any atom is 0.203 e. The number of benzene rings is 2. The van der Waals surface area contributed by atoms with Crippen LogP contribution in [-0.4, -0.2) is 51.6 Å². The van der Waals surface area contributed by atoms with Crippen LogP contribution in [0.2, 0.25) is 0 Å². The Morgan fingerprint density at radius 2 is 1.61 bits per heavy atom. The molecular formula is C21H24N4O3. The van der Waals surface area contributed by atoms with Crippen molar-refractivity contribution in [2.45, 2.75) is 0 Å². The number of rotatable bonds is 7. The summed E-state index contributed by atoms with van der Waals surface area (Å²) in [5.41, 5.74) is 2.96. The van der Waals surface area contributed by atoms with Gasteiger partial charge in [0, 0.05) is 31.6 Å². The van der Waals surface area contributed by atoms with E-state index in [4.69, 9.17) is 14.2 Å². The molecule has 0 radical (unpaired) electrons. The number of ether oxygens (including phenoxy) is 3. The van der Waals surface area contributed by atoms with Crippen LogP contribution >= 0.6 is 0 Å². The summed E-state index contributed by atoms with van der Waals surface area (Å²) in [5.74, 6) is 2.99. The lowest BCUT2D eigenvalue weighted by molar-refractivity contribution is 0.324. The highest BCUT2D eigenvalue weighted by molar-refractivity contribution is 5.82. The molecule has 0 aliphatic carbocycles. The number of H-pyrrole nitrogens is 1. The average molecular weight is 380 g/mol. The van der Waals surface area contributed by atoms with E-state index in [9.17, 15) is 0 Å². The highest BCUT2D eigenvalue weighted by Gasteiger charge is 2.15. The molecule has 0 atom stereocenters. The van der Waals surface area contributed by atoms with Crippen LogP contribution in [0.15, 0.2) is 47.6 Å². The smallest absolute Gasteiger partial charge is 0.203 e. The Bertz CT molecular complexity index is 937. The van der Waals surface area contributed by atoms with Crippen LogP contribution in [0.4, 0.5) is 11.5 Å². The summed E-state index contributed by atoms with van der Waals surface area (Å²) < 4.78 is 16.2. The largest absolute Gasteiger partial charge is 0.493 e. The molecule has 2 aromatic carbocycles. The zero-order valence-corrected chi connectivity index (χ0v) is 16.7. The number of methoxy groups -OCH3 is 3. The van der Waals surface area contributed by atoms with Crippen molar-refractivity contribution in [1.29, 1.82) is 0 Å². The lowest BCUT2D eigenvalue weighted by Crippen LogP contribution is -2.08. The minimum atomic E-state index is 0.541. The highest BCUT2D eigenvalue weighted by atomic mass is 16.5. The Labute approximate surface area is 164 Å². The molecule has 0 aliphatic rings. The number of anilines is 1. The SMILES string of the molecule is COc1cc(-c2ncc(N=Cc3ccc(N(C)C)cc3)[nH]2)cc(OC)c1OC. The molecule has 0 fully saturated rings. The first-order valence-electron chi connectivity index (χ1n) is 8.72. The fourth-order valence-electron chi connectivity index (χ4n) is 2.74. The second-order valence-electron chi connectivity index (χ2n) is 6.28. The molecular weight excluding hydrogens is 356 g/mol. The molecule has 0 aliphatic heterocycles. The lowest BCUT2D eigenvalue weighted by atomic mass is 10.1. The van der Waals surface area contributed by atoms with Crippen molar-refractivity contribution in [3.63, 3.8) is 0 Å². The van der Waals surface area contributed by atoms with Crippen molar-refractivity contribution in [1.82, 2.24) is 9.97 Å². The quantitative estimate of drug-likeness (QED) is 0.629. The molecule has 1 aromatic heterocycles. The van der Waals surface area contributed by atoms with E-state index >= 15 is 0 Å². The Morgan fingerprint density at radius 1 is 0.964 bits per heavy atom. The number of hydrogen-bond acceptors (Lipinski definition) is 6. The average Bonchev–Trinajstić information content (AvgIpc) is 3.20. The fraction of sp³-hybridized carbons (Fsp3) is 0.238. The summed E-state index contributed by atoms with van der Waals surface area (Å²) in [4.78, 5) is 14.1. The summed E-state index contributed by atoms with van der Waals surface area (Å²) >= 11 is 0. The van der Waals surface area contributed by atoms with Gasteiger partial charge in [0.05, 0.1) is 27.5 Å². The van der Waals surface area contributed by atoms with Gasteiger partial charge in [-0.1, -0.05) is 12.1 Å². The van der Waals surface area contributed by atoms with E-state index < -0.39 is 0 Å². The van der Waals surface area contributed by atoms with Gasteiger partial charge in [-0.2, -0.15) is 0 Å². The molecule has 0 unspecified atom stereocenters. The van der Waals surface area contributed by atoms with Gasteiger partial charge in [0.25, 0.3) is 0 Å². The maximum atomic E-state index is 5.40. The van der Waals surface area contributed by atoms with E-state index in [0.29, 0.717) is 28.9 Å². The van der Waals surface area contributed by atoms with Crippen molar-refractivity contribution in [3.05, 3.63) is 48.2 Å². The predicted octanol–water partition coefficient (Wildman–Crippen LogP) is 3.92. The van der Waals surface area contributed by atoms with Gasteiger partial charge in [-0.15, -0.1) is 0 Å². The molecule has 3 aromatic rings. The molecule has 7 heteroatoms. The van der Waals surface area contributed by atoms with Crippen LogP contribution in [0.1, 0.15) is 5.56 Å². The molecule has 0 amide bonds. The van der Waals surface area contributed by atoms with Crippen LogP contribution in [0.3, 0.4) is 0 Å². The predicted molar refractivity (Wildman–Crippen MR) is 112 cm³/mol. The molecule has 3 rings (SSSR count). The van der Waals surface area contributed by atoms with Crippen LogP contribution in [0, 0.1) is 0 Å². The maximum absolute atomic E-state index is 5.40. The van der Waals surface area contributed by atoms with Gasteiger partial charge in [0.15, 0.2) is 11.5 Å². The summed E-state index contributed by atoms with van der Waals surface area (Å²) in [5, 5.41) is 0. The normalized spacial score (nSPS) is 10.9. The second-order valence-corrected chi connectivity index (χ2v) is 6.28. The topological polar surface area (TPSA) is 72.0 Å². The van der Waals surface area contributed by atoms with E-state index in [1.165, 1.54) is 0 Å². The third kappa shape index (κ3) is 4.09. The van der Waals surface area contributed by atoms with Gasteiger partial charge >= 0.3 is 0 Å². The summed E-state index contributed by atoms with van der Waals surface area (Å²) in [6, 6.07) is 11.8. The Hall–Kier alpha value is -3.48. The lowest BCUT2D eigenvalue weighted by Gasteiger charge is -2.13. The number of hydrogen-bond donors (Lipinski definition) is 1. The van der Waals surface area contributed by atoms with Crippen molar-refractivity contribution in [2.75, 3.05) is 40.3 Å². The van der Waals surface area contributed by atoms with Crippen LogP contribution < -0.4 is 19.1 Å². The zero-order valence-electron chi connectivity index (χ0n) is 16.7. The summed E-state index contributed by atoms with van der Waals surface area (Å²) in [6.07, 6.45) is 3.48. The van der Waals surface area contributed by atoms with E-state index in [-0.39, 0.29) is 0 Å². The van der Waals surface area contributed by atoms with Crippen LogP contribution in [0.25, 0.3) is 11.4 Å². The molecule has 0 saturated heterocycles. The first kappa shape index (κ1) is 19.3. The number of imidazole rings is 1. The van der Waals surface area contributed by atoms with Crippen molar-refractivity contribution < 1.29 is 14.2 Å². The Kier molecular flexibility index (Phi) is 5.84. The van der Waals surface area contributed by atoms with Gasteiger partial charge in [-0.3, -0.25) is 0 Å². The standard InChI is InChI=1S/C21H24N4O3/c1-25(2)16-8-6-14(7-9-16)12-22-19-13-23-21(24-19)15-10-17(26-3)20(28-5)18(11-15)27-4/h6-13H,1-5H3,(H,23,24). The van der Waals surface area contributed by atoms with Crippen LogP contribution in [0.5, 0.6) is 17.2 Å². The number of aromatic nitrogens is 2.